The number of hydrogen-bond acceptors (Lipinski definition) is 2. The van der Waals surface area contributed by atoms with Crippen LogP contribution in [0.5, 0.6) is 5.88 Å². The normalized spacial score (nSPS) is 10.6. The summed E-state index contributed by atoms with van der Waals surface area (Å²) in [4.78, 5) is 4.23. The van der Waals surface area contributed by atoms with Gasteiger partial charge in [-0.1, -0.05) is 38.1 Å². The lowest BCUT2D eigenvalue weighted by Gasteiger charge is -2.10. The van der Waals surface area contributed by atoms with Crippen molar-refractivity contribution in [3.8, 4) is 17.0 Å². The molecule has 0 spiro atoms. The highest BCUT2D eigenvalue weighted by atomic mass is 16.5. The molecule has 2 heteroatoms. The SMILES string of the molecule is COc1ncccc1-c1cccc(C(C)C)c1. The molecular formula is C15H17NO. The third kappa shape index (κ3) is 2.47. The zero-order chi connectivity index (χ0) is 12.3. The maximum absolute atomic E-state index is 5.29. The quantitative estimate of drug-likeness (QED) is 0.793. The second-order valence-corrected chi connectivity index (χ2v) is 4.34. The zero-order valence-corrected chi connectivity index (χ0v) is 10.5. The standard InChI is InChI=1S/C15H17NO/c1-11(2)12-6-4-7-13(10-12)14-8-5-9-16-15(14)17-3/h4-11H,1-3H3. The lowest BCUT2D eigenvalue weighted by atomic mass is 9.98. The molecule has 88 valence electrons. The van der Waals surface area contributed by atoms with E-state index >= 15 is 0 Å². The predicted octanol–water partition coefficient (Wildman–Crippen LogP) is 3.88. The van der Waals surface area contributed by atoms with E-state index in [0.717, 1.165) is 11.1 Å². The van der Waals surface area contributed by atoms with Gasteiger partial charge in [-0.25, -0.2) is 4.98 Å². The Labute approximate surface area is 102 Å². The van der Waals surface area contributed by atoms with Crippen molar-refractivity contribution in [2.45, 2.75) is 19.8 Å². The number of pyridine rings is 1. The lowest BCUT2D eigenvalue weighted by molar-refractivity contribution is 0.399. The predicted molar refractivity (Wildman–Crippen MR) is 70.3 cm³/mol. The van der Waals surface area contributed by atoms with Crippen molar-refractivity contribution in [2.75, 3.05) is 7.11 Å². The van der Waals surface area contributed by atoms with Crippen molar-refractivity contribution in [1.29, 1.82) is 0 Å². The van der Waals surface area contributed by atoms with E-state index in [0.29, 0.717) is 11.8 Å². The fourth-order valence-electron chi connectivity index (χ4n) is 1.84. The summed E-state index contributed by atoms with van der Waals surface area (Å²) in [5.41, 5.74) is 3.52. The molecule has 0 bridgehead atoms. The van der Waals surface area contributed by atoms with Crippen LogP contribution in [0.25, 0.3) is 11.1 Å². The lowest BCUT2D eigenvalue weighted by Crippen LogP contribution is -1.92. The van der Waals surface area contributed by atoms with Crippen LogP contribution in [0.3, 0.4) is 0 Å². The van der Waals surface area contributed by atoms with Gasteiger partial charge in [0.2, 0.25) is 5.88 Å². The van der Waals surface area contributed by atoms with E-state index in [1.165, 1.54) is 5.56 Å². The molecule has 0 radical (unpaired) electrons. The van der Waals surface area contributed by atoms with Gasteiger partial charge < -0.3 is 4.74 Å². The first-order valence-corrected chi connectivity index (χ1v) is 5.81. The van der Waals surface area contributed by atoms with Gasteiger partial charge in [0.15, 0.2) is 0 Å². The van der Waals surface area contributed by atoms with E-state index in [1.54, 1.807) is 13.3 Å². The van der Waals surface area contributed by atoms with Crippen molar-refractivity contribution in [3.63, 3.8) is 0 Å². The van der Waals surface area contributed by atoms with Crippen molar-refractivity contribution >= 4 is 0 Å². The fourth-order valence-corrected chi connectivity index (χ4v) is 1.84. The number of methoxy groups -OCH3 is 1. The number of nitrogens with zero attached hydrogens (tertiary/aromatic N) is 1. The van der Waals surface area contributed by atoms with Gasteiger partial charge in [0.25, 0.3) is 0 Å². The van der Waals surface area contributed by atoms with Crippen molar-refractivity contribution in [3.05, 3.63) is 48.2 Å². The Morgan fingerprint density at radius 2 is 1.94 bits per heavy atom. The Bertz CT molecular complexity index is 506. The molecule has 1 aromatic heterocycles. The Kier molecular flexibility index (Phi) is 3.43. The summed E-state index contributed by atoms with van der Waals surface area (Å²) in [6, 6.07) is 12.5. The Morgan fingerprint density at radius 1 is 1.12 bits per heavy atom. The Hall–Kier alpha value is -1.83. The molecule has 0 aliphatic heterocycles. The molecular weight excluding hydrogens is 210 g/mol. The van der Waals surface area contributed by atoms with E-state index in [-0.39, 0.29) is 0 Å². The van der Waals surface area contributed by atoms with Crippen LogP contribution in [-0.4, -0.2) is 12.1 Å². The molecule has 0 amide bonds. The average molecular weight is 227 g/mol. The first kappa shape index (κ1) is 11.6. The molecule has 2 nitrogen and oxygen atoms in total. The molecule has 0 N–H and O–H groups in total. The van der Waals surface area contributed by atoms with Crippen molar-refractivity contribution < 1.29 is 4.74 Å². The summed E-state index contributed by atoms with van der Waals surface area (Å²) < 4.78 is 5.29. The molecule has 0 saturated carbocycles. The van der Waals surface area contributed by atoms with E-state index in [1.807, 2.05) is 12.1 Å². The van der Waals surface area contributed by atoms with Crippen LogP contribution >= 0.6 is 0 Å². The zero-order valence-electron chi connectivity index (χ0n) is 10.5. The largest absolute Gasteiger partial charge is 0.481 e. The molecule has 1 heterocycles. The maximum atomic E-state index is 5.29. The van der Waals surface area contributed by atoms with Crippen LogP contribution < -0.4 is 4.74 Å². The van der Waals surface area contributed by atoms with E-state index in [9.17, 15) is 0 Å². The summed E-state index contributed by atoms with van der Waals surface area (Å²) in [5, 5.41) is 0. The number of ether oxygens (including phenoxy) is 1. The molecule has 17 heavy (non-hydrogen) atoms. The molecule has 2 aromatic rings. The van der Waals surface area contributed by atoms with E-state index in [4.69, 9.17) is 4.74 Å². The monoisotopic (exact) mass is 227 g/mol. The van der Waals surface area contributed by atoms with E-state index in [2.05, 4.69) is 43.1 Å². The van der Waals surface area contributed by atoms with Gasteiger partial charge in [-0.05, 0) is 29.2 Å². The Balaban J connectivity index is 2.49. The average Bonchev–Trinajstić information content (AvgIpc) is 2.39. The van der Waals surface area contributed by atoms with Gasteiger partial charge in [0.05, 0.1) is 7.11 Å². The molecule has 0 unspecified atom stereocenters. The van der Waals surface area contributed by atoms with Crippen LogP contribution in [0.2, 0.25) is 0 Å². The van der Waals surface area contributed by atoms with Gasteiger partial charge in [0, 0.05) is 11.8 Å². The van der Waals surface area contributed by atoms with Gasteiger partial charge >= 0.3 is 0 Å². The molecule has 0 saturated heterocycles. The minimum absolute atomic E-state index is 0.526. The summed E-state index contributed by atoms with van der Waals surface area (Å²) in [6.45, 7) is 4.39. The molecule has 0 aliphatic rings. The van der Waals surface area contributed by atoms with Gasteiger partial charge in [-0.3, -0.25) is 0 Å². The minimum Gasteiger partial charge on any atom is -0.481 e. The molecule has 0 aliphatic carbocycles. The summed E-state index contributed by atoms with van der Waals surface area (Å²) in [7, 11) is 1.65. The van der Waals surface area contributed by atoms with Crippen LogP contribution in [0.4, 0.5) is 0 Å². The second-order valence-electron chi connectivity index (χ2n) is 4.34. The number of rotatable bonds is 3. The highest BCUT2D eigenvalue weighted by Crippen LogP contribution is 2.29. The summed E-state index contributed by atoms with van der Waals surface area (Å²) >= 11 is 0. The van der Waals surface area contributed by atoms with Crippen LogP contribution in [0, 0.1) is 0 Å². The maximum Gasteiger partial charge on any atom is 0.221 e. The highest BCUT2D eigenvalue weighted by Gasteiger charge is 2.07. The second kappa shape index (κ2) is 5.00. The van der Waals surface area contributed by atoms with Crippen LogP contribution in [0.1, 0.15) is 25.3 Å². The number of aromatic nitrogens is 1. The third-order valence-corrected chi connectivity index (χ3v) is 2.83. The first-order chi connectivity index (χ1) is 8.22. The first-order valence-electron chi connectivity index (χ1n) is 5.81. The smallest absolute Gasteiger partial charge is 0.221 e. The topological polar surface area (TPSA) is 22.1 Å². The van der Waals surface area contributed by atoms with Crippen molar-refractivity contribution in [1.82, 2.24) is 4.98 Å². The van der Waals surface area contributed by atoms with Crippen molar-refractivity contribution in [2.24, 2.45) is 0 Å². The van der Waals surface area contributed by atoms with Crippen LogP contribution in [0.15, 0.2) is 42.6 Å². The Morgan fingerprint density at radius 3 is 2.65 bits per heavy atom. The third-order valence-electron chi connectivity index (χ3n) is 2.83. The van der Waals surface area contributed by atoms with Crippen LogP contribution in [-0.2, 0) is 0 Å². The number of hydrogen-bond donors (Lipinski definition) is 0. The van der Waals surface area contributed by atoms with Gasteiger partial charge in [0.1, 0.15) is 0 Å². The summed E-state index contributed by atoms with van der Waals surface area (Å²) in [6.07, 6.45) is 1.74. The molecule has 0 fully saturated rings. The fraction of sp³-hybridized carbons (Fsp3) is 0.267. The molecule has 2 rings (SSSR count). The highest BCUT2D eigenvalue weighted by molar-refractivity contribution is 5.69. The minimum atomic E-state index is 0.526. The summed E-state index contributed by atoms with van der Waals surface area (Å²) in [5.74, 6) is 1.20. The van der Waals surface area contributed by atoms with Gasteiger partial charge in [-0.15, -0.1) is 0 Å². The van der Waals surface area contributed by atoms with Gasteiger partial charge in [-0.2, -0.15) is 0 Å². The molecule has 1 aromatic carbocycles. The number of benzene rings is 1. The molecule has 0 atom stereocenters. The van der Waals surface area contributed by atoms with E-state index < -0.39 is 0 Å².